The maximum Gasteiger partial charge on any atom is 0.119 e. The Balaban J connectivity index is 2.16. The maximum absolute atomic E-state index is 10.5. The summed E-state index contributed by atoms with van der Waals surface area (Å²) in [6, 6.07) is 6.01. The third kappa shape index (κ3) is 22.3. The minimum absolute atomic E-state index is 0.500. The van der Waals surface area contributed by atoms with E-state index < -0.39 is 0 Å². The zero-order valence-electron chi connectivity index (χ0n) is 27.2. The van der Waals surface area contributed by atoms with E-state index in [4.69, 9.17) is 0 Å². The van der Waals surface area contributed by atoms with Crippen LogP contribution in [0, 0.1) is 12.8 Å². The second-order valence-corrected chi connectivity index (χ2v) is 14.7. The van der Waals surface area contributed by atoms with Gasteiger partial charge in [0.2, 0.25) is 0 Å². The molecule has 0 bridgehead atoms. The fourth-order valence-electron chi connectivity index (χ4n) is 5.69. The molecule has 1 atom stereocenters. The molecule has 1 aromatic rings. The topological polar surface area (TPSA) is 20.2 Å². The Morgan fingerprint density at radius 2 is 1.02 bits per heavy atom. The summed E-state index contributed by atoms with van der Waals surface area (Å²) in [5.74, 6) is 6.37. The van der Waals surface area contributed by atoms with Gasteiger partial charge in [-0.05, 0) is 85.2 Å². The van der Waals surface area contributed by atoms with Crippen LogP contribution in [0.15, 0.2) is 18.2 Å². The Morgan fingerprint density at radius 3 is 1.52 bits per heavy atom. The van der Waals surface area contributed by atoms with Crippen molar-refractivity contribution in [2.45, 2.75) is 168 Å². The summed E-state index contributed by atoms with van der Waals surface area (Å²) in [5, 5.41) is 10.5. The van der Waals surface area contributed by atoms with Crippen molar-refractivity contribution in [1.82, 2.24) is 0 Å². The smallest absolute Gasteiger partial charge is 0.119 e. The molecule has 40 heavy (non-hydrogen) atoms. The zero-order valence-corrected chi connectivity index (χ0v) is 28.8. The SMILES string of the molecule is CCCCCCCCCCCCSCCCC(CSCCCCCCCCCCCC)Cc1c(C)cccc1O. The summed E-state index contributed by atoms with van der Waals surface area (Å²) in [7, 11) is 0. The van der Waals surface area contributed by atoms with Gasteiger partial charge >= 0.3 is 0 Å². The Labute approximate surface area is 260 Å². The summed E-state index contributed by atoms with van der Waals surface area (Å²) < 4.78 is 0. The van der Waals surface area contributed by atoms with E-state index in [0.717, 1.165) is 6.42 Å². The first-order chi connectivity index (χ1) is 19.7. The fraction of sp³-hybridized carbons (Fsp3) is 0.838. The van der Waals surface area contributed by atoms with Crippen LogP contribution in [-0.2, 0) is 6.42 Å². The van der Waals surface area contributed by atoms with Crippen molar-refractivity contribution in [3.63, 3.8) is 0 Å². The zero-order chi connectivity index (χ0) is 28.9. The van der Waals surface area contributed by atoms with Crippen LogP contribution in [0.3, 0.4) is 0 Å². The average Bonchev–Trinajstić information content (AvgIpc) is 2.95. The summed E-state index contributed by atoms with van der Waals surface area (Å²) >= 11 is 4.34. The number of benzene rings is 1. The predicted molar refractivity (Wildman–Crippen MR) is 188 cm³/mol. The number of aryl methyl sites for hydroxylation is 1. The van der Waals surface area contributed by atoms with Gasteiger partial charge in [0.1, 0.15) is 5.75 Å². The molecule has 0 saturated heterocycles. The van der Waals surface area contributed by atoms with Crippen molar-refractivity contribution in [2.75, 3.05) is 23.0 Å². The lowest BCUT2D eigenvalue weighted by Crippen LogP contribution is -2.10. The summed E-state index contributed by atoms with van der Waals surface area (Å²) in [4.78, 5) is 0. The lowest BCUT2D eigenvalue weighted by Gasteiger charge is -2.19. The number of hydrogen-bond acceptors (Lipinski definition) is 3. The second kappa shape index (κ2) is 28.8. The van der Waals surface area contributed by atoms with Gasteiger partial charge in [-0.3, -0.25) is 0 Å². The Bertz CT molecular complexity index is 641. The summed E-state index contributed by atoms with van der Waals surface area (Å²) in [6.07, 6.45) is 32.1. The molecular weight excluding hydrogens is 525 g/mol. The third-order valence-corrected chi connectivity index (χ3v) is 10.9. The number of phenols is 1. The molecule has 1 nitrogen and oxygen atoms in total. The number of aromatic hydroxyl groups is 1. The highest BCUT2D eigenvalue weighted by atomic mass is 32.2. The van der Waals surface area contributed by atoms with Crippen molar-refractivity contribution >= 4 is 23.5 Å². The Morgan fingerprint density at radius 1 is 0.575 bits per heavy atom. The molecule has 0 amide bonds. The molecule has 0 saturated carbocycles. The van der Waals surface area contributed by atoms with Gasteiger partial charge in [0.05, 0.1) is 0 Å². The van der Waals surface area contributed by atoms with Crippen LogP contribution in [0.2, 0.25) is 0 Å². The largest absolute Gasteiger partial charge is 0.508 e. The van der Waals surface area contributed by atoms with E-state index in [1.165, 1.54) is 175 Å². The van der Waals surface area contributed by atoms with Crippen LogP contribution in [0.1, 0.15) is 166 Å². The molecule has 0 spiro atoms. The highest BCUT2D eigenvalue weighted by molar-refractivity contribution is 7.99. The van der Waals surface area contributed by atoms with Gasteiger partial charge in [-0.2, -0.15) is 23.5 Å². The molecule has 0 heterocycles. The minimum Gasteiger partial charge on any atom is -0.508 e. The van der Waals surface area contributed by atoms with Gasteiger partial charge in [0.25, 0.3) is 0 Å². The molecule has 1 rings (SSSR count). The maximum atomic E-state index is 10.5. The van der Waals surface area contributed by atoms with Crippen molar-refractivity contribution in [1.29, 1.82) is 0 Å². The molecule has 0 radical (unpaired) electrons. The number of thioether (sulfide) groups is 2. The Hall–Kier alpha value is -0.280. The van der Waals surface area contributed by atoms with Gasteiger partial charge in [-0.1, -0.05) is 142 Å². The molecule has 1 unspecified atom stereocenters. The molecule has 1 aromatic carbocycles. The van der Waals surface area contributed by atoms with E-state index >= 15 is 0 Å². The quantitative estimate of drug-likeness (QED) is 0.0897. The lowest BCUT2D eigenvalue weighted by molar-refractivity contribution is 0.454. The standard InChI is InChI=1S/C37H68OS2/c1-4-6-8-10-12-14-16-18-20-22-29-39-31-25-27-35(32-36-34(3)26-24-28-37(36)38)33-40-30-23-21-19-17-15-13-11-9-7-5-2/h24,26,28,35,38H,4-23,25,27,29-33H2,1-3H3. The molecule has 0 aliphatic rings. The molecule has 234 valence electrons. The van der Waals surface area contributed by atoms with Crippen molar-refractivity contribution in [3.05, 3.63) is 29.3 Å². The first kappa shape index (κ1) is 37.7. The molecule has 0 aromatic heterocycles. The number of hydrogen-bond donors (Lipinski definition) is 1. The lowest BCUT2D eigenvalue weighted by atomic mass is 9.93. The second-order valence-electron chi connectivity index (χ2n) is 12.3. The van der Waals surface area contributed by atoms with E-state index in [9.17, 15) is 5.11 Å². The van der Waals surface area contributed by atoms with E-state index in [-0.39, 0.29) is 0 Å². The summed E-state index contributed by atoms with van der Waals surface area (Å²) in [5.41, 5.74) is 2.44. The highest BCUT2D eigenvalue weighted by Gasteiger charge is 2.14. The van der Waals surface area contributed by atoms with Gasteiger partial charge in [0.15, 0.2) is 0 Å². The van der Waals surface area contributed by atoms with Gasteiger partial charge in [0, 0.05) is 0 Å². The van der Waals surface area contributed by atoms with E-state index in [0.29, 0.717) is 11.7 Å². The fourth-order valence-corrected chi connectivity index (χ4v) is 7.87. The van der Waals surface area contributed by atoms with Crippen molar-refractivity contribution < 1.29 is 5.11 Å². The molecule has 3 heteroatoms. The van der Waals surface area contributed by atoms with Crippen LogP contribution >= 0.6 is 23.5 Å². The van der Waals surface area contributed by atoms with E-state index in [2.05, 4.69) is 50.4 Å². The minimum atomic E-state index is 0.500. The van der Waals surface area contributed by atoms with Crippen LogP contribution in [0.5, 0.6) is 5.75 Å². The molecule has 0 aliphatic carbocycles. The van der Waals surface area contributed by atoms with Gasteiger partial charge in [-0.15, -0.1) is 0 Å². The van der Waals surface area contributed by atoms with Crippen LogP contribution in [-0.4, -0.2) is 28.1 Å². The van der Waals surface area contributed by atoms with Crippen molar-refractivity contribution in [2.24, 2.45) is 5.92 Å². The molecule has 0 fully saturated rings. The van der Waals surface area contributed by atoms with Gasteiger partial charge < -0.3 is 5.11 Å². The predicted octanol–water partition coefficient (Wildman–Crippen LogP) is 12.9. The first-order valence-electron chi connectivity index (χ1n) is 17.6. The van der Waals surface area contributed by atoms with E-state index in [1.54, 1.807) is 0 Å². The first-order valence-corrected chi connectivity index (χ1v) is 19.9. The highest BCUT2D eigenvalue weighted by Crippen LogP contribution is 2.28. The van der Waals surface area contributed by atoms with Crippen LogP contribution in [0.4, 0.5) is 0 Å². The normalized spacial score (nSPS) is 12.3. The van der Waals surface area contributed by atoms with Crippen molar-refractivity contribution in [3.8, 4) is 5.75 Å². The summed E-state index contributed by atoms with van der Waals surface area (Å²) in [6.45, 7) is 6.75. The third-order valence-electron chi connectivity index (χ3n) is 8.42. The van der Waals surface area contributed by atoms with Crippen LogP contribution < -0.4 is 0 Å². The van der Waals surface area contributed by atoms with Crippen LogP contribution in [0.25, 0.3) is 0 Å². The van der Waals surface area contributed by atoms with E-state index in [1.807, 2.05) is 12.1 Å². The average molecular weight is 593 g/mol. The number of unbranched alkanes of at least 4 members (excludes halogenated alkanes) is 18. The molecule has 1 N–H and O–H groups in total. The molecular formula is C37H68OS2. The number of rotatable bonds is 30. The monoisotopic (exact) mass is 592 g/mol. The van der Waals surface area contributed by atoms with Gasteiger partial charge in [-0.25, -0.2) is 0 Å². The molecule has 0 aliphatic heterocycles. The Kier molecular flexibility index (Phi) is 27.2. The number of phenolic OH excluding ortho intramolecular Hbond substituents is 1.